The highest BCUT2D eigenvalue weighted by molar-refractivity contribution is 9.10. The molecule has 0 unspecified atom stereocenters. The lowest BCUT2D eigenvalue weighted by Crippen LogP contribution is -2.16. The van der Waals surface area contributed by atoms with Gasteiger partial charge in [-0.3, -0.25) is 0 Å². The highest BCUT2D eigenvalue weighted by Crippen LogP contribution is 2.23. The zero-order valence-corrected chi connectivity index (χ0v) is 11.4. The van der Waals surface area contributed by atoms with Gasteiger partial charge in [-0.05, 0) is 60.4 Å². The van der Waals surface area contributed by atoms with Crippen LogP contribution in [0.25, 0.3) is 0 Å². The number of rotatable bonds is 8. The van der Waals surface area contributed by atoms with Gasteiger partial charge in [-0.1, -0.05) is 19.1 Å². The third-order valence-electron chi connectivity index (χ3n) is 2.27. The van der Waals surface area contributed by atoms with Gasteiger partial charge in [-0.15, -0.1) is 0 Å². The third-order valence-corrected chi connectivity index (χ3v) is 2.92. The van der Waals surface area contributed by atoms with E-state index in [4.69, 9.17) is 4.74 Å². The van der Waals surface area contributed by atoms with E-state index >= 15 is 0 Å². The molecule has 0 aliphatic carbocycles. The molecule has 0 aromatic heterocycles. The van der Waals surface area contributed by atoms with Crippen molar-refractivity contribution >= 4 is 15.9 Å². The van der Waals surface area contributed by atoms with Gasteiger partial charge in [0.15, 0.2) is 0 Å². The van der Waals surface area contributed by atoms with Crippen molar-refractivity contribution < 1.29 is 4.74 Å². The second-order valence-corrected chi connectivity index (χ2v) is 4.59. The van der Waals surface area contributed by atoms with E-state index in [0.29, 0.717) is 0 Å². The second-order valence-electron chi connectivity index (χ2n) is 3.74. The van der Waals surface area contributed by atoms with Gasteiger partial charge in [0.25, 0.3) is 0 Å². The summed E-state index contributed by atoms with van der Waals surface area (Å²) in [6.45, 7) is 5.18. The average molecular weight is 286 g/mol. The number of ether oxygens (including phenoxy) is 1. The third kappa shape index (κ3) is 5.52. The fraction of sp³-hybridized carbons (Fsp3) is 0.538. The molecule has 90 valence electrons. The van der Waals surface area contributed by atoms with Crippen molar-refractivity contribution in [2.24, 2.45) is 0 Å². The fourth-order valence-electron chi connectivity index (χ4n) is 1.40. The summed E-state index contributed by atoms with van der Waals surface area (Å²) in [5, 5.41) is 3.38. The number of unbranched alkanes of at least 4 members (excludes halogenated alkanes) is 1. The molecule has 0 aliphatic heterocycles. The first-order valence-electron chi connectivity index (χ1n) is 5.92. The Morgan fingerprint density at radius 2 is 2.00 bits per heavy atom. The van der Waals surface area contributed by atoms with E-state index in [0.717, 1.165) is 36.3 Å². The lowest BCUT2D eigenvalue weighted by molar-refractivity contribution is 0.304. The Morgan fingerprint density at radius 3 is 2.75 bits per heavy atom. The van der Waals surface area contributed by atoms with E-state index in [1.807, 2.05) is 24.3 Å². The predicted molar refractivity (Wildman–Crippen MR) is 72.0 cm³/mol. The standard InChI is InChI=1S/C13H20BrNO/c1-2-9-15-10-5-6-11-16-13-8-4-3-7-12(13)14/h3-4,7-8,15H,2,5-6,9-11H2,1H3. The van der Waals surface area contributed by atoms with Crippen LogP contribution in [-0.2, 0) is 0 Å². The highest BCUT2D eigenvalue weighted by atomic mass is 79.9. The van der Waals surface area contributed by atoms with Crippen molar-refractivity contribution in [2.75, 3.05) is 19.7 Å². The Bertz CT molecular complexity index is 291. The topological polar surface area (TPSA) is 21.3 Å². The number of hydrogen-bond donors (Lipinski definition) is 1. The summed E-state index contributed by atoms with van der Waals surface area (Å²) in [5.41, 5.74) is 0. The smallest absolute Gasteiger partial charge is 0.133 e. The number of benzene rings is 1. The van der Waals surface area contributed by atoms with E-state index in [-0.39, 0.29) is 0 Å². The fourth-order valence-corrected chi connectivity index (χ4v) is 1.80. The Labute approximate surface area is 107 Å². The van der Waals surface area contributed by atoms with E-state index in [1.54, 1.807) is 0 Å². The van der Waals surface area contributed by atoms with Crippen molar-refractivity contribution in [1.29, 1.82) is 0 Å². The summed E-state index contributed by atoms with van der Waals surface area (Å²) in [4.78, 5) is 0. The second kappa shape index (κ2) is 8.59. The molecule has 2 nitrogen and oxygen atoms in total. The molecule has 1 aromatic carbocycles. The summed E-state index contributed by atoms with van der Waals surface area (Å²) in [7, 11) is 0. The van der Waals surface area contributed by atoms with Crippen LogP contribution >= 0.6 is 15.9 Å². The molecule has 0 saturated carbocycles. The van der Waals surface area contributed by atoms with Crippen molar-refractivity contribution in [2.45, 2.75) is 26.2 Å². The van der Waals surface area contributed by atoms with Crippen molar-refractivity contribution in [3.63, 3.8) is 0 Å². The van der Waals surface area contributed by atoms with Crippen LogP contribution in [0, 0.1) is 0 Å². The molecule has 16 heavy (non-hydrogen) atoms. The molecule has 0 spiro atoms. The number of halogens is 1. The van der Waals surface area contributed by atoms with Gasteiger partial charge in [0.05, 0.1) is 11.1 Å². The summed E-state index contributed by atoms with van der Waals surface area (Å²) in [6.07, 6.45) is 3.47. The van der Waals surface area contributed by atoms with Crippen molar-refractivity contribution in [3.8, 4) is 5.75 Å². The molecule has 0 saturated heterocycles. The lowest BCUT2D eigenvalue weighted by atomic mass is 10.3. The van der Waals surface area contributed by atoms with E-state index in [9.17, 15) is 0 Å². The molecule has 0 aliphatic rings. The molecule has 0 bridgehead atoms. The van der Waals surface area contributed by atoms with Crippen LogP contribution in [0.15, 0.2) is 28.7 Å². The number of hydrogen-bond acceptors (Lipinski definition) is 2. The molecular formula is C13H20BrNO. The summed E-state index contributed by atoms with van der Waals surface area (Å²) >= 11 is 3.46. The largest absolute Gasteiger partial charge is 0.492 e. The van der Waals surface area contributed by atoms with Gasteiger partial charge in [0.2, 0.25) is 0 Å². The Balaban J connectivity index is 2.05. The summed E-state index contributed by atoms with van der Waals surface area (Å²) < 4.78 is 6.70. The van der Waals surface area contributed by atoms with Crippen LogP contribution in [0.4, 0.5) is 0 Å². The SMILES string of the molecule is CCCNCCCCOc1ccccc1Br. The molecular weight excluding hydrogens is 266 g/mol. The van der Waals surface area contributed by atoms with Gasteiger partial charge < -0.3 is 10.1 Å². The molecule has 1 rings (SSSR count). The minimum atomic E-state index is 0.788. The van der Waals surface area contributed by atoms with Crippen molar-refractivity contribution in [3.05, 3.63) is 28.7 Å². The maximum Gasteiger partial charge on any atom is 0.133 e. The minimum absolute atomic E-state index is 0.788. The van der Waals surface area contributed by atoms with E-state index in [1.165, 1.54) is 12.8 Å². The van der Waals surface area contributed by atoms with Gasteiger partial charge in [-0.2, -0.15) is 0 Å². The molecule has 0 fully saturated rings. The molecule has 1 N–H and O–H groups in total. The van der Waals surface area contributed by atoms with Crippen molar-refractivity contribution in [1.82, 2.24) is 5.32 Å². The lowest BCUT2D eigenvalue weighted by Gasteiger charge is -2.07. The molecule has 3 heteroatoms. The van der Waals surface area contributed by atoms with Gasteiger partial charge in [0, 0.05) is 0 Å². The maximum atomic E-state index is 5.67. The zero-order chi connectivity index (χ0) is 11.6. The highest BCUT2D eigenvalue weighted by Gasteiger charge is 1.98. The van der Waals surface area contributed by atoms with Gasteiger partial charge in [0.1, 0.15) is 5.75 Å². The predicted octanol–water partition coefficient (Wildman–Crippen LogP) is 3.61. The van der Waals surface area contributed by atoms with E-state index < -0.39 is 0 Å². The Kier molecular flexibility index (Phi) is 7.26. The Morgan fingerprint density at radius 1 is 1.19 bits per heavy atom. The molecule has 0 atom stereocenters. The molecule has 0 heterocycles. The van der Waals surface area contributed by atoms with Crippen LogP contribution in [-0.4, -0.2) is 19.7 Å². The molecule has 1 aromatic rings. The first kappa shape index (κ1) is 13.5. The molecule has 0 radical (unpaired) electrons. The van der Waals surface area contributed by atoms with Crippen LogP contribution in [0.5, 0.6) is 5.75 Å². The first-order valence-corrected chi connectivity index (χ1v) is 6.72. The molecule has 0 amide bonds. The monoisotopic (exact) mass is 285 g/mol. The Hall–Kier alpha value is -0.540. The quantitative estimate of drug-likeness (QED) is 0.737. The summed E-state index contributed by atoms with van der Waals surface area (Å²) in [5.74, 6) is 0.934. The van der Waals surface area contributed by atoms with Crippen LogP contribution in [0.2, 0.25) is 0 Å². The number of para-hydroxylation sites is 1. The van der Waals surface area contributed by atoms with E-state index in [2.05, 4.69) is 28.2 Å². The van der Waals surface area contributed by atoms with Crippen LogP contribution in [0.3, 0.4) is 0 Å². The maximum absolute atomic E-state index is 5.67. The first-order chi connectivity index (χ1) is 7.84. The number of nitrogens with one attached hydrogen (secondary N) is 1. The van der Waals surface area contributed by atoms with Crippen LogP contribution in [0.1, 0.15) is 26.2 Å². The summed E-state index contributed by atoms with van der Waals surface area (Å²) in [6, 6.07) is 7.96. The van der Waals surface area contributed by atoms with Gasteiger partial charge >= 0.3 is 0 Å². The minimum Gasteiger partial charge on any atom is -0.492 e. The normalized spacial score (nSPS) is 10.4. The zero-order valence-electron chi connectivity index (χ0n) is 9.84. The van der Waals surface area contributed by atoms with Gasteiger partial charge in [-0.25, -0.2) is 0 Å². The average Bonchev–Trinajstić information content (AvgIpc) is 2.30. The van der Waals surface area contributed by atoms with Crippen LogP contribution < -0.4 is 10.1 Å².